The van der Waals surface area contributed by atoms with Crippen molar-refractivity contribution < 1.29 is 0 Å². The van der Waals surface area contributed by atoms with Crippen molar-refractivity contribution in [1.29, 1.82) is 0 Å². The number of para-hydroxylation sites is 2. The Balaban J connectivity index is 1.03. The smallest absolute Gasteiger partial charge is 0.0540 e. The zero-order valence-electron chi connectivity index (χ0n) is 35.6. The second kappa shape index (κ2) is 13.9. The summed E-state index contributed by atoms with van der Waals surface area (Å²) in [6.45, 7) is 9.51. The minimum Gasteiger partial charge on any atom is -0.310 e. The van der Waals surface area contributed by atoms with E-state index < -0.39 is 0 Å². The molecule has 1 aromatic heterocycles. The molecule has 0 bridgehead atoms. The lowest BCUT2D eigenvalue weighted by Crippen LogP contribution is -2.18. The highest BCUT2D eigenvalue weighted by Crippen LogP contribution is 2.57. The number of hydrogen-bond donors (Lipinski definition) is 0. The van der Waals surface area contributed by atoms with Gasteiger partial charge in [0.15, 0.2) is 0 Å². The molecule has 298 valence electrons. The van der Waals surface area contributed by atoms with Gasteiger partial charge in [0.25, 0.3) is 0 Å². The van der Waals surface area contributed by atoms with Crippen LogP contribution >= 0.6 is 11.3 Å². The minimum absolute atomic E-state index is 0.0525. The summed E-state index contributed by atoms with van der Waals surface area (Å²) in [5.74, 6) is 0.204. The SMILES string of the molecule is CC1(C)C2=C(c3ccccc31)C(c1ccccc1N(c1ccc(-c3ccc4c(c3)C(C)(C)c3ccccc3-4)cc1)c1ccccc1-c1ccc3sc4ccccc4c3c1)CC=C2. The second-order valence-electron chi connectivity index (χ2n) is 18.4. The van der Waals surface area contributed by atoms with E-state index in [0.29, 0.717) is 0 Å². The molecule has 0 fully saturated rings. The number of anilines is 3. The standard InChI is InChI=1S/C60H47NS/c1-59(2)51-23-11-6-20-48(51)58-47(21-15-24-52(58)59)45-18-8-13-26-55(45)61(54-25-12-7-16-42(54)40-31-35-57-49(36-40)46-19-9-14-27-56(46)62-57)41-32-28-38(29-33-41)39-30-34-44-43-17-5-10-22-50(43)60(3,4)53(44)37-39/h5-20,22-37,47H,21H2,1-4H3. The van der Waals surface area contributed by atoms with E-state index in [1.807, 2.05) is 11.3 Å². The number of benzene rings is 8. The molecule has 0 N–H and O–H groups in total. The van der Waals surface area contributed by atoms with Gasteiger partial charge in [0.1, 0.15) is 0 Å². The van der Waals surface area contributed by atoms with Gasteiger partial charge in [0, 0.05) is 53.9 Å². The molecule has 0 saturated heterocycles. The molecule has 0 spiro atoms. The average molecular weight is 814 g/mol. The third-order valence-corrected chi connectivity index (χ3v) is 15.4. The molecule has 8 aromatic carbocycles. The van der Waals surface area contributed by atoms with Crippen molar-refractivity contribution in [2.75, 3.05) is 4.90 Å². The lowest BCUT2D eigenvalue weighted by molar-refractivity contribution is 0.649. The Morgan fingerprint density at radius 3 is 1.90 bits per heavy atom. The van der Waals surface area contributed by atoms with E-state index in [-0.39, 0.29) is 16.7 Å². The molecule has 9 aromatic rings. The lowest BCUT2D eigenvalue weighted by Gasteiger charge is -2.33. The largest absolute Gasteiger partial charge is 0.310 e. The van der Waals surface area contributed by atoms with Crippen LogP contribution in [0.25, 0.3) is 59.1 Å². The molecule has 0 amide bonds. The highest BCUT2D eigenvalue weighted by atomic mass is 32.1. The fraction of sp³-hybridized carbons (Fsp3) is 0.133. The molecule has 3 aliphatic rings. The van der Waals surface area contributed by atoms with Crippen LogP contribution in [-0.4, -0.2) is 0 Å². The summed E-state index contributed by atoms with van der Waals surface area (Å²) >= 11 is 1.87. The summed E-state index contributed by atoms with van der Waals surface area (Å²) < 4.78 is 2.64. The van der Waals surface area contributed by atoms with Crippen LogP contribution in [0.4, 0.5) is 17.1 Å². The molecular formula is C60H47NS. The number of nitrogens with zero attached hydrogens (tertiary/aromatic N) is 1. The molecule has 2 heteroatoms. The third-order valence-electron chi connectivity index (χ3n) is 14.3. The highest BCUT2D eigenvalue weighted by Gasteiger charge is 2.41. The summed E-state index contributed by atoms with van der Waals surface area (Å²) in [7, 11) is 0. The first-order valence-corrected chi connectivity index (χ1v) is 22.8. The number of thiophene rings is 1. The molecule has 3 aliphatic carbocycles. The maximum Gasteiger partial charge on any atom is 0.0540 e. The quantitative estimate of drug-likeness (QED) is 0.162. The molecule has 1 heterocycles. The van der Waals surface area contributed by atoms with Crippen molar-refractivity contribution in [3.63, 3.8) is 0 Å². The van der Waals surface area contributed by atoms with Gasteiger partial charge in [0.05, 0.1) is 5.69 Å². The van der Waals surface area contributed by atoms with Crippen LogP contribution in [0.3, 0.4) is 0 Å². The van der Waals surface area contributed by atoms with Crippen molar-refractivity contribution >= 4 is 54.1 Å². The number of hydrogen-bond acceptors (Lipinski definition) is 2. The van der Waals surface area contributed by atoms with Crippen LogP contribution in [0.5, 0.6) is 0 Å². The van der Waals surface area contributed by atoms with Crippen LogP contribution in [0.15, 0.2) is 200 Å². The Morgan fingerprint density at radius 2 is 1.08 bits per heavy atom. The van der Waals surface area contributed by atoms with Crippen LogP contribution in [0.2, 0.25) is 0 Å². The van der Waals surface area contributed by atoms with Gasteiger partial charge in [-0.1, -0.05) is 173 Å². The molecular weight excluding hydrogens is 767 g/mol. The second-order valence-corrected chi connectivity index (χ2v) is 19.5. The van der Waals surface area contributed by atoms with Gasteiger partial charge in [-0.3, -0.25) is 0 Å². The Kier molecular flexibility index (Phi) is 8.30. The first-order chi connectivity index (χ1) is 30.3. The molecule has 12 rings (SSSR count). The molecule has 1 nitrogen and oxygen atoms in total. The zero-order valence-corrected chi connectivity index (χ0v) is 36.4. The lowest BCUT2D eigenvalue weighted by atomic mass is 9.76. The third kappa shape index (κ3) is 5.52. The van der Waals surface area contributed by atoms with Crippen LogP contribution in [0.1, 0.15) is 67.9 Å². The monoisotopic (exact) mass is 813 g/mol. The fourth-order valence-electron chi connectivity index (χ4n) is 11.2. The van der Waals surface area contributed by atoms with E-state index in [9.17, 15) is 0 Å². The van der Waals surface area contributed by atoms with Crippen molar-refractivity contribution in [2.45, 2.75) is 50.9 Å². The van der Waals surface area contributed by atoms with Gasteiger partial charge in [-0.25, -0.2) is 0 Å². The molecule has 1 unspecified atom stereocenters. The Hall–Kier alpha value is -6.74. The summed E-state index contributed by atoms with van der Waals surface area (Å²) in [6.07, 6.45) is 5.77. The normalized spacial score (nSPS) is 16.6. The maximum atomic E-state index is 2.54. The van der Waals surface area contributed by atoms with E-state index in [1.54, 1.807) is 0 Å². The van der Waals surface area contributed by atoms with Gasteiger partial charge in [-0.05, 0) is 122 Å². The zero-order chi connectivity index (χ0) is 41.7. The predicted molar refractivity (Wildman–Crippen MR) is 265 cm³/mol. The van der Waals surface area contributed by atoms with Crippen LogP contribution in [-0.2, 0) is 10.8 Å². The van der Waals surface area contributed by atoms with Gasteiger partial charge in [0.2, 0.25) is 0 Å². The summed E-state index contributed by atoms with van der Waals surface area (Å²) in [5, 5.41) is 2.63. The Labute approximate surface area is 369 Å². The maximum absolute atomic E-state index is 2.54. The van der Waals surface area contributed by atoms with E-state index in [1.165, 1.54) is 98.2 Å². The first-order valence-electron chi connectivity index (χ1n) is 22.0. The van der Waals surface area contributed by atoms with E-state index in [0.717, 1.165) is 17.8 Å². The van der Waals surface area contributed by atoms with Gasteiger partial charge >= 0.3 is 0 Å². The number of rotatable bonds is 6. The average Bonchev–Trinajstić information content (AvgIpc) is 3.89. The molecule has 0 aliphatic heterocycles. The molecule has 1 atom stereocenters. The summed E-state index contributed by atoms with van der Waals surface area (Å²) in [6, 6.07) is 68.5. The van der Waals surface area contributed by atoms with Crippen LogP contribution < -0.4 is 4.90 Å². The number of allylic oxidation sites excluding steroid dienone is 4. The van der Waals surface area contributed by atoms with Crippen LogP contribution in [0, 0.1) is 0 Å². The van der Waals surface area contributed by atoms with Crippen molar-refractivity contribution in [3.8, 4) is 33.4 Å². The van der Waals surface area contributed by atoms with Gasteiger partial charge in [-0.15, -0.1) is 11.3 Å². The van der Waals surface area contributed by atoms with E-state index >= 15 is 0 Å². The Morgan fingerprint density at radius 1 is 0.468 bits per heavy atom. The molecule has 0 saturated carbocycles. The molecule has 0 radical (unpaired) electrons. The van der Waals surface area contributed by atoms with E-state index in [4.69, 9.17) is 0 Å². The highest BCUT2D eigenvalue weighted by molar-refractivity contribution is 7.25. The predicted octanol–water partition coefficient (Wildman–Crippen LogP) is 17.0. The summed E-state index contributed by atoms with van der Waals surface area (Å²) in [4.78, 5) is 2.54. The molecule has 62 heavy (non-hydrogen) atoms. The first kappa shape index (κ1) is 37.1. The Bertz CT molecular complexity index is 3330. The van der Waals surface area contributed by atoms with Crippen molar-refractivity contribution in [1.82, 2.24) is 0 Å². The van der Waals surface area contributed by atoms with E-state index in [2.05, 4.69) is 227 Å². The summed E-state index contributed by atoms with van der Waals surface area (Å²) in [5.41, 5.74) is 20.9. The minimum atomic E-state index is -0.0574. The van der Waals surface area contributed by atoms with Crippen molar-refractivity contribution in [2.24, 2.45) is 0 Å². The topological polar surface area (TPSA) is 3.24 Å². The number of fused-ring (bicyclic) bond motifs is 8. The van der Waals surface area contributed by atoms with Crippen molar-refractivity contribution in [3.05, 3.63) is 228 Å². The van der Waals surface area contributed by atoms with Gasteiger partial charge in [-0.2, -0.15) is 0 Å². The fourth-order valence-corrected chi connectivity index (χ4v) is 12.3. The van der Waals surface area contributed by atoms with Gasteiger partial charge < -0.3 is 4.90 Å².